The maximum atomic E-state index is 17.7. The molecule has 2 saturated heterocycles. The summed E-state index contributed by atoms with van der Waals surface area (Å²) in [7, 11) is 0. The number of anilines is 2. The summed E-state index contributed by atoms with van der Waals surface area (Å²) in [6, 6.07) is 30.2. The minimum absolute atomic E-state index is 0.0228. The molecule has 6 saturated carbocycles. The van der Waals surface area contributed by atoms with Crippen LogP contribution in [0, 0.1) is 45.3 Å². The molecule has 2 amide bonds. The van der Waals surface area contributed by atoms with Gasteiger partial charge >= 0.3 is 0 Å². The smallest absolute Gasteiger partial charge is 0.226 e. The van der Waals surface area contributed by atoms with E-state index in [1.807, 2.05) is 104 Å². The molecule has 2 heterocycles. The first-order valence-corrected chi connectivity index (χ1v) is 38.4. The lowest BCUT2D eigenvalue weighted by atomic mass is 9.44. The summed E-state index contributed by atoms with van der Waals surface area (Å²) in [5.74, 6) is -5.71. The minimum atomic E-state index is -2.32. The van der Waals surface area contributed by atoms with Crippen LogP contribution in [0.3, 0.4) is 0 Å². The average molecular weight is 1530 g/mol. The normalized spacial score (nSPS) is 36.1. The highest BCUT2D eigenvalue weighted by molar-refractivity contribution is 6.02. The number of Topliss-reactive ketones (excluding diaryl/α,β-unsaturated/α-hetero) is 2. The van der Waals surface area contributed by atoms with Gasteiger partial charge in [0, 0.05) is 69.1 Å². The minimum Gasteiger partial charge on any atom is -0.390 e. The third kappa shape index (κ3) is 14.1. The predicted octanol–water partition coefficient (Wildman–Crippen LogP) is 9.93. The molecule has 0 spiro atoms. The number of allylic oxidation sites excluding steroid dienone is 8. The Morgan fingerprint density at radius 3 is 1.30 bits per heavy atom. The molecule has 2 aliphatic heterocycles. The number of rotatable bonds is 28. The lowest BCUT2D eigenvalue weighted by Gasteiger charge is -2.63. The van der Waals surface area contributed by atoms with Crippen LogP contribution in [-0.2, 0) is 79.5 Å². The SMILES string of the molecule is CCCOCCOCCC(=O)Nc1cccc(Cc2ccc(C3O[C@@H]4C[C@H]5[C@@H]6C[C@H](F)C7=CC(=O)C=C[C@]7(C)[C@@]6(F)[C@@H](O)C[C@]5(C)[C@]4(C(=O)CO)O3)cc2)c1.C[C@]12C=CC(=O)C=C1[C@@H](F)C[C@H]1[C@@H]3C[C@H]4OC(c5ccc(Cc6cccc(NC(=O)CCOCCOCCN)c6)cc5)O[C@@]4(C(=O)CO)[C@@]3(C)C[C@H](O)[C@@]12F. The molecule has 10 aliphatic rings. The van der Waals surface area contributed by atoms with Gasteiger partial charge < -0.3 is 74.7 Å². The number of ketones is 4. The van der Waals surface area contributed by atoms with Crippen molar-refractivity contribution in [2.24, 2.45) is 51.1 Å². The van der Waals surface area contributed by atoms with Crippen molar-refractivity contribution >= 4 is 46.3 Å². The van der Waals surface area contributed by atoms with Crippen molar-refractivity contribution < 1.29 is 105 Å². The van der Waals surface area contributed by atoms with E-state index in [1.165, 1.54) is 38.2 Å². The Bertz CT molecular complexity index is 3970. The topological polar surface area (TPSA) is 307 Å². The molecule has 4 aromatic rings. The number of fused-ring (bicyclic) bond motifs is 14. The number of halogens is 4. The second-order valence-electron chi connectivity index (χ2n) is 32.0. The fraction of sp³-hybridized carbons (Fsp3) is 0.553. The molecule has 20 atom stereocenters. The monoisotopic (exact) mass is 1530 g/mol. The molecular formula is C85H101F4N3O18. The summed E-state index contributed by atoms with van der Waals surface area (Å²) in [5.41, 5.74) is -1.63. The average Bonchev–Trinajstić information content (AvgIpc) is 1.44. The van der Waals surface area contributed by atoms with E-state index in [-0.39, 0.29) is 80.9 Å². The first-order valence-electron chi connectivity index (χ1n) is 38.4. The molecule has 0 bridgehead atoms. The molecule has 4 aromatic carbocycles. The fourth-order valence-electron chi connectivity index (χ4n) is 20.7. The van der Waals surface area contributed by atoms with Gasteiger partial charge in [-0.1, -0.05) is 106 Å². The Hall–Kier alpha value is -7.34. The zero-order valence-corrected chi connectivity index (χ0v) is 62.8. The van der Waals surface area contributed by atoms with E-state index in [0.717, 1.165) is 40.8 Å². The van der Waals surface area contributed by atoms with Crippen molar-refractivity contribution in [2.75, 3.05) is 83.2 Å². The van der Waals surface area contributed by atoms with Crippen LogP contribution >= 0.6 is 0 Å². The fourth-order valence-corrected chi connectivity index (χ4v) is 20.7. The van der Waals surface area contributed by atoms with Gasteiger partial charge in [0.2, 0.25) is 11.8 Å². The highest BCUT2D eigenvalue weighted by atomic mass is 19.2. The molecule has 2 unspecified atom stereocenters. The molecule has 0 aromatic heterocycles. The van der Waals surface area contributed by atoms with Crippen LogP contribution in [0.25, 0.3) is 0 Å². The third-order valence-electron chi connectivity index (χ3n) is 25.9. The maximum absolute atomic E-state index is 17.7. The number of nitrogens with two attached hydrogens (primary N) is 1. The van der Waals surface area contributed by atoms with Crippen LogP contribution in [0.5, 0.6) is 0 Å². The molecule has 8 fully saturated rings. The van der Waals surface area contributed by atoms with Crippen LogP contribution in [0.4, 0.5) is 28.9 Å². The highest BCUT2D eigenvalue weighted by Gasteiger charge is 2.82. The Morgan fingerprint density at radius 1 is 0.527 bits per heavy atom. The Kier molecular flexibility index (Phi) is 23.7. The van der Waals surface area contributed by atoms with E-state index in [1.54, 1.807) is 13.8 Å². The third-order valence-corrected chi connectivity index (χ3v) is 25.9. The quantitative estimate of drug-likeness (QED) is 0.0205. The molecule has 592 valence electrons. The molecule has 8 aliphatic carbocycles. The molecule has 0 radical (unpaired) electrons. The van der Waals surface area contributed by atoms with Gasteiger partial charge in [0.15, 0.2) is 58.3 Å². The van der Waals surface area contributed by atoms with Crippen molar-refractivity contribution in [1.29, 1.82) is 0 Å². The second-order valence-corrected chi connectivity index (χ2v) is 32.0. The van der Waals surface area contributed by atoms with Crippen molar-refractivity contribution in [3.63, 3.8) is 0 Å². The van der Waals surface area contributed by atoms with Gasteiger partial charge in [0.1, 0.15) is 25.6 Å². The zero-order valence-electron chi connectivity index (χ0n) is 62.8. The van der Waals surface area contributed by atoms with E-state index >= 15 is 17.6 Å². The molecule has 14 rings (SSSR count). The van der Waals surface area contributed by atoms with Gasteiger partial charge in [-0.2, -0.15) is 0 Å². The number of hydrogen-bond donors (Lipinski definition) is 7. The van der Waals surface area contributed by atoms with Crippen LogP contribution < -0.4 is 16.4 Å². The summed E-state index contributed by atoms with van der Waals surface area (Å²) in [6.07, 6.45) is -0.780. The number of aliphatic hydroxyl groups excluding tert-OH is 4. The zero-order chi connectivity index (χ0) is 78.3. The van der Waals surface area contributed by atoms with Gasteiger partial charge in [0.05, 0.1) is 83.5 Å². The van der Waals surface area contributed by atoms with Gasteiger partial charge in [-0.05, 0) is 165 Å². The van der Waals surface area contributed by atoms with Crippen molar-refractivity contribution in [1.82, 2.24) is 0 Å². The highest BCUT2D eigenvalue weighted by Crippen LogP contribution is 2.75. The van der Waals surface area contributed by atoms with Crippen LogP contribution in [0.2, 0.25) is 0 Å². The van der Waals surface area contributed by atoms with Crippen molar-refractivity contribution in [2.45, 2.75) is 177 Å². The summed E-state index contributed by atoms with van der Waals surface area (Å²) >= 11 is 0. The molecular weight excluding hydrogens is 1430 g/mol. The number of alkyl halides is 4. The van der Waals surface area contributed by atoms with Crippen molar-refractivity contribution in [3.8, 4) is 0 Å². The lowest BCUT2D eigenvalue weighted by Crippen LogP contribution is -2.70. The molecule has 25 heteroatoms. The van der Waals surface area contributed by atoms with E-state index < -0.39 is 154 Å². The maximum Gasteiger partial charge on any atom is 0.226 e. The number of carbonyl (C=O) groups is 6. The van der Waals surface area contributed by atoms with Crippen molar-refractivity contribution in [3.05, 3.63) is 178 Å². The Morgan fingerprint density at radius 2 is 0.918 bits per heavy atom. The molecule has 21 nitrogen and oxygen atoms in total. The Balaban J connectivity index is 0.000000193. The summed E-state index contributed by atoms with van der Waals surface area (Å²) in [6.45, 7) is 10.9. The number of amides is 2. The van der Waals surface area contributed by atoms with Gasteiger partial charge in [0.25, 0.3) is 0 Å². The lowest BCUT2D eigenvalue weighted by molar-refractivity contribution is -0.235. The number of hydrogen-bond acceptors (Lipinski definition) is 19. The first-order chi connectivity index (χ1) is 52.6. The molecule has 8 N–H and O–H groups in total. The number of aliphatic hydroxyl groups is 4. The first kappa shape index (κ1) is 80.7. The van der Waals surface area contributed by atoms with Gasteiger partial charge in [-0.3, -0.25) is 28.8 Å². The largest absolute Gasteiger partial charge is 0.390 e. The van der Waals surface area contributed by atoms with Gasteiger partial charge in [-0.15, -0.1) is 0 Å². The van der Waals surface area contributed by atoms with E-state index in [2.05, 4.69) is 10.6 Å². The standard InChI is InChI=1S/C43H51F2NO9.C42H50F2N2O9/c1-4-15-52-17-18-53-16-13-38(51)46-29-7-5-6-27(20-29)19-26-8-10-28(11-9-26)39-54-37-23-31-32-22-34(44)33-21-30(48)12-14-40(33,2)42(32,45)35(49)24-41(31,3)43(37,55-39)36(50)25-47;1-39-12-10-29(48)20-32(39)33(43)21-31-30-22-36-42(35(50)24-47,40(30,2)23-34(49)41(31,39)44)55-38(54-36)27-8-6-25(7-9-27)18-26-4-3-5-28(19-26)46-37(51)11-14-52-16-17-53-15-13-45/h5-12,14,20-21,31-32,34-35,37,39,47,49H,4,13,15-19,22-25H2,1-3H3,(H,46,51);3-10,12,19-20,30-31,33-34,36,38,47,49H,11,13-18,21-24,45H2,1-2H3,(H,46,51)/t31-,32-,34-,35-,37+,39?,40-,41-,42-,43+;30-,31-,33-,34-,36+,38?,39-,40-,41-,42+/m00/s1. The van der Waals surface area contributed by atoms with E-state index in [4.69, 9.17) is 43.6 Å². The van der Waals surface area contributed by atoms with Crippen LogP contribution in [0.15, 0.2) is 145 Å². The summed E-state index contributed by atoms with van der Waals surface area (Å²) in [5, 5.41) is 49.9. The van der Waals surface area contributed by atoms with Gasteiger partial charge in [-0.25, -0.2) is 17.6 Å². The van der Waals surface area contributed by atoms with Crippen LogP contribution in [-0.4, -0.2) is 187 Å². The number of nitrogens with one attached hydrogen (secondary N) is 2. The summed E-state index contributed by atoms with van der Waals surface area (Å²) < 4.78 is 115. The Labute approximate surface area is 637 Å². The van der Waals surface area contributed by atoms with Crippen LogP contribution in [0.1, 0.15) is 138 Å². The predicted molar refractivity (Wildman–Crippen MR) is 396 cm³/mol. The molecule has 110 heavy (non-hydrogen) atoms. The van der Waals surface area contributed by atoms with E-state index in [0.29, 0.717) is 88.1 Å². The number of benzene rings is 4. The number of carbonyl (C=O) groups excluding carboxylic acids is 6. The summed E-state index contributed by atoms with van der Waals surface area (Å²) in [4.78, 5) is 77.0. The number of ether oxygens (including phenoxy) is 8. The van der Waals surface area contributed by atoms with E-state index in [9.17, 15) is 49.2 Å². The second kappa shape index (κ2) is 32.3.